The van der Waals surface area contributed by atoms with Crippen LogP contribution in [0.4, 0.5) is 5.69 Å². The summed E-state index contributed by atoms with van der Waals surface area (Å²) in [5.74, 6) is -1.40. The Hall–Kier alpha value is -4.96. The van der Waals surface area contributed by atoms with Crippen molar-refractivity contribution in [3.63, 3.8) is 0 Å². The predicted molar refractivity (Wildman–Crippen MR) is 246 cm³/mol. The fourth-order valence-electron chi connectivity index (χ4n) is 7.68. The van der Waals surface area contributed by atoms with Crippen LogP contribution < -0.4 is 16.8 Å². The summed E-state index contributed by atoms with van der Waals surface area (Å²) in [6, 6.07) is 18.3. The molecule has 0 unspecified atom stereocenters. The molecule has 5 N–H and O–H groups in total. The fraction of sp³-hybridized carbons (Fsp3) is 0.500. The monoisotopic (exact) mass is 917 g/mol. The molecule has 0 aliphatic carbocycles. The molecule has 0 saturated carbocycles. The molecule has 6 rings (SSSR count). The third-order valence-electron chi connectivity index (χ3n) is 10.8. The van der Waals surface area contributed by atoms with Gasteiger partial charge in [0.1, 0.15) is 0 Å². The average molecular weight is 918 g/mol. The van der Waals surface area contributed by atoms with Gasteiger partial charge in [-0.25, -0.2) is 0 Å². The van der Waals surface area contributed by atoms with Crippen LogP contribution in [-0.2, 0) is 49.1 Å². The Balaban J connectivity index is 0.830. The summed E-state index contributed by atoms with van der Waals surface area (Å²) in [6.07, 6.45) is 0.624. The van der Waals surface area contributed by atoms with Crippen LogP contribution in [0, 0.1) is 0 Å². The number of imide groups is 2. The van der Waals surface area contributed by atoms with E-state index in [2.05, 4.69) is 5.32 Å². The van der Waals surface area contributed by atoms with E-state index in [0.29, 0.717) is 158 Å². The van der Waals surface area contributed by atoms with Crippen LogP contribution >= 0.6 is 0 Å². The molecule has 18 nitrogen and oxygen atoms in total. The molecule has 18 heteroatoms. The van der Waals surface area contributed by atoms with E-state index in [0.717, 1.165) is 22.0 Å². The van der Waals surface area contributed by atoms with Crippen molar-refractivity contribution in [2.45, 2.75) is 6.42 Å². The SMILES string of the molecule is NCCOCCOCCOCCc1ccc2c3c(cccc13)C(=O)N(CCOCCOCCOCCNc1ccc3c4c(cccc14)C(=O)N(CCOCCOCCOCCN)C3=O)C2=O. The Morgan fingerprint density at radius 1 is 0.394 bits per heavy atom. The third kappa shape index (κ3) is 13.8. The summed E-state index contributed by atoms with van der Waals surface area (Å²) in [5.41, 5.74) is 14.5. The van der Waals surface area contributed by atoms with Gasteiger partial charge in [-0.2, -0.15) is 0 Å². The third-order valence-corrected chi connectivity index (χ3v) is 10.8. The van der Waals surface area contributed by atoms with Crippen molar-refractivity contribution < 1.29 is 61.8 Å². The summed E-state index contributed by atoms with van der Waals surface area (Å²) in [7, 11) is 0. The van der Waals surface area contributed by atoms with Crippen LogP contribution in [0.5, 0.6) is 0 Å². The first-order chi connectivity index (χ1) is 32.5. The molecular weight excluding hydrogens is 855 g/mol. The Kier molecular flexibility index (Phi) is 21.1. The lowest BCUT2D eigenvalue weighted by Crippen LogP contribution is -2.42. The second-order valence-electron chi connectivity index (χ2n) is 15.2. The molecule has 0 fully saturated rings. The smallest absolute Gasteiger partial charge is 0.261 e. The molecule has 66 heavy (non-hydrogen) atoms. The van der Waals surface area contributed by atoms with E-state index in [4.69, 9.17) is 54.1 Å². The van der Waals surface area contributed by atoms with Crippen molar-refractivity contribution in [1.29, 1.82) is 0 Å². The highest BCUT2D eigenvalue weighted by Crippen LogP contribution is 2.35. The maximum absolute atomic E-state index is 13.5. The first-order valence-corrected chi connectivity index (χ1v) is 22.6. The van der Waals surface area contributed by atoms with Gasteiger partial charge in [-0.1, -0.05) is 30.3 Å². The van der Waals surface area contributed by atoms with Gasteiger partial charge in [0.25, 0.3) is 23.6 Å². The number of amides is 4. The van der Waals surface area contributed by atoms with Crippen molar-refractivity contribution in [1.82, 2.24) is 9.80 Å². The first kappa shape index (κ1) is 50.5. The van der Waals surface area contributed by atoms with E-state index in [1.165, 1.54) is 9.80 Å². The van der Waals surface area contributed by atoms with E-state index in [9.17, 15) is 19.2 Å². The standard InChI is InChI=1S/C48H63N5O13/c49-12-18-59-24-30-64-29-23-58-17-11-35-7-8-40-43-36(35)3-1-5-38(43)45(54)52(47(40)56)15-21-62-28-34-66-32-26-61-20-14-51-42-10-9-41-44-37(42)4-2-6-39(44)46(55)53(48(41)57)16-22-63-27-33-65-31-25-60-19-13-50/h1-10,51H,11-34,49-50H2. The normalized spacial score (nSPS) is 13.5. The topological polar surface area (TPSA) is 222 Å². The van der Waals surface area contributed by atoms with E-state index in [1.54, 1.807) is 24.3 Å². The van der Waals surface area contributed by atoms with Gasteiger partial charge in [-0.3, -0.25) is 29.0 Å². The molecule has 358 valence electrons. The van der Waals surface area contributed by atoms with E-state index >= 15 is 0 Å². The molecule has 2 aliphatic heterocycles. The van der Waals surface area contributed by atoms with Gasteiger partial charge in [0.2, 0.25) is 0 Å². The molecule has 0 saturated heterocycles. The van der Waals surface area contributed by atoms with Crippen LogP contribution in [0.3, 0.4) is 0 Å². The molecule has 0 bridgehead atoms. The van der Waals surface area contributed by atoms with Gasteiger partial charge in [0, 0.05) is 63.7 Å². The molecule has 4 amide bonds. The number of nitrogens with one attached hydrogen (secondary N) is 1. The van der Waals surface area contributed by atoms with Crippen LogP contribution in [0.1, 0.15) is 47.0 Å². The van der Waals surface area contributed by atoms with Crippen LogP contribution in [0.15, 0.2) is 60.7 Å². The Morgan fingerprint density at radius 2 is 0.773 bits per heavy atom. The number of hydrogen-bond acceptors (Lipinski definition) is 16. The molecule has 2 heterocycles. The minimum atomic E-state index is -0.356. The van der Waals surface area contributed by atoms with Crippen molar-refractivity contribution in [3.05, 3.63) is 88.5 Å². The molecule has 0 radical (unpaired) electrons. The zero-order valence-electron chi connectivity index (χ0n) is 37.6. The number of ether oxygens (including phenoxy) is 9. The number of anilines is 1. The minimum absolute atomic E-state index is 0.116. The number of rotatable bonds is 35. The predicted octanol–water partition coefficient (Wildman–Crippen LogP) is 2.91. The molecule has 2 aliphatic rings. The molecule has 4 aromatic rings. The first-order valence-electron chi connectivity index (χ1n) is 22.6. The van der Waals surface area contributed by atoms with Gasteiger partial charge >= 0.3 is 0 Å². The zero-order chi connectivity index (χ0) is 46.4. The van der Waals surface area contributed by atoms with E-state index in [1.807, 2.05) is 36.4 Å². The highest BCUT2D eigenvalue weighted by atomic mass is 16.6. The van der Waals surface area contributed by atoms with Gasteiger partial charge < -0.3 is 59.4 Å². The van der Waals surface area contributed by atoms with Gasteiger partial charge in [0.15, 0.2) is 0 Å². The lowest BCUT2D eigenvalue weighted by molar-refractivity contribution is 0.0119. The maximum atomic E-state index is 13.5. The summed E-state index contributed by atoms with van der Waals surface area (Å²) in [5, 5.41) is 6.31. The maximum Gasteiger partial charge on any atom is 0.261 e. The minimum Gasteiger partial charge on any atom is -0.382 e. The summed E-state index contributed by atoms with van der Waals surface area (Å²) in [4.78, 5) is 56.3. The summed E-state index contributed by atoms with van der Waals surface area (Å²) >= 11 is 0. The van der Waals surface area contributed by atoms with Gasteiger partial charge in [-0.05, 0) is 47.7 Å². The highest BCUT2D eigenvalue weighted by molar-refractivity contribution is 6.27. The van der Waals surface area contributed by atoms with Crippen LogP contribution in [-0.4, -0.2) is 185 Å². The van der Waals surface area contributed by atoms with E-state index < -0.39 is 0 Å². The number of nitrogens with zero attached hydrogens (tertiary/aromatic N) is 2. The summed E-state index contributed by atoms with van der Waals surface area (Å²) in [6.45, 7) is 8.73. The molecule has 0 aromatic heterocycles. The second kappa shape index (κ2) is 27.6. The van der Waals surface area contributed by atoms with Crippen molar-refractivity contribution in [2.24, 2.45) is 11.5 Å². The second-order valence-corrected chi connectivity index (χ2v) is 15.2. The average Bonchev–Trinajstić information content (AvgIpc) is 3.33. The summed E-state index contributed by atoms with van der Waals surface area (Å²) < 4.78 is 50.0. The molecule has 0 atom stereocenters. The Labute approximate surface area is 384 Å². The quantitative estimate of drug-likeness (QED) is 0.0446. The molecule has 4 aromatic carbocycles. The number of carbonyl (C=O) groups excluding carboxylic acids is 4. The molecular formula is C48H63N5O13. The van der Waals surface area contributed by atoms with E-state index in [-0.39, 0.29) is 56.5 Å². The molecule has 0 spiro atoms. The lowest BCUT2D eigenvalue weighted by Gasteiger charge is -2.27. The fourth-order valence-corrected chi connectivity index (χ4v) is 7.68. The number of benzene rings is 4. The van der Waals surface area contributed by atoms with Crippen molar-refractivity contribution >= 4 is 50.9 Å². The van der Waals surface area contributed by atoms with Crippen LogP contribution in [0.2, 0.25) is 0 Å². The van der Waals surface area contributed by atoms with Crippen LogP contribution in [0.25, 0.3) is 21.5 Å². The number of hydrogen-bond donors (Lipinski definition) is 3. The van der Waals surface area contributed by atoms with Crippen molar-refractivity contribution in [3.8, 4) is 0 Å². The Bertz CT molecular complexity index is 2160. The van der Waals surface area contributed by atoms with Crippen molar-refractivity contribution in [2.75, 3.05) is 157 Å². The number of carbonyl (C=O) groups is 4. The zero-order valence-corrected chi connectivity index (χ0v) is 37.6. The number of nitrogens with two attached hydrogens (primary N) is 2. The van der Waals surface area contributed by atoms with Gasteiger partial charge in [0.05, 0.1) is 132 Å². The largest absolute Gasteiger partial charge is 0.382 e. The van der Waals surface area contributed by atoms with Gasteiger partial charge in [-0.15, -0.1) is 0 Å². The lowest BCUT2D eigenvalue weighted by atomic mass is 9.90. The Morgan fingerprint density at radius 3 is 1.26 bits per heavy atom. The highest BCUT2D eigenvalue weighted by Gasteiger charge is 2.34.